The van der Waals surface area contributed by atoms with Gasteiger partial charge < -0.3 is 40.7 Å². The quantitative estimate of drug-likeness (QED) is 0.338. The second-order valence-electron chi connectivity index (χ2n) is 9.97. The molecule has 3 aliphatic rings. The smallest absolute Gasteiger partial charge is 0.410 e. The fraction of sp³-hybridized carbons (Fsp3) is 0.792. The average molecular weight is 498 g/mol. The molecule has 0 radical (unpaired) electrons. The molecule has 0 unspecified atom stereocenters. The number of carboxylic acids is 1. The van der Waals surface area contributed by atoms with E-state index in [4.69, 9.17) is 15.2 Å². The van der Waals surface area contributed by atoms with E-state index in [1.807, 2.05) is 4.90 Å². The van der Waals surface area contributed by atoms with E-state index < -0.39 is 54.1 Å². The van der Waals surface area contributed by atoms with Crippen LogP contribution in [0.5, 0.6) is 0 Å². The molecule has 198 valence electrons. The largest absolute Gasteiger partial charge is 0.477 e. The van der Waals surface area contributed by atoms with Crippen molar-refractivity contribution in [1.29, 1.82) is 0 Å². The van der Waals surface area contributed by atoms with Gasteiger partial charge in [0.15, 0.2) is 6.10 Å². The maximum atomic E-state index is 13.7. The van der Waals surface area contributed by atoms with Crippen molar-refractivity contribution >= 4 is 18.2 Å². The summed E-state index contributed by atoms with van der Waals surface area (Å²) >= 11 is 0. The fourth-order valence-electron chi connectivity index (χ4n) is 5.57. The van der Waals surface area contributed by atoms with Crippen LogP contribution in [-0.2, 0) is 14.3 Å². The molecule has 2 fully saturated rings. The first-order valence-electron chi connectivity index (χ1n) is 12.7. The van der Waals surface area contributed by atoms with E-state index in [0.29, 0.717) is 0 Å². The highest BCUT2D eigenvalue weighted by atomic mass is 16.6. The lowest BCUT2D eigenvalue weighted by Gasteiger charge is -2.44. The van der Waals surface area contributed by atoms with Gasteiger partial charge >= 0.3 is 18.2 Å². The van der Waals surface area contributed by atoms with Crippen molar-refractivity contribution in [3.8, 4) is 0 Å². The summed E-state index contributed by atoms with van der Waals surface area (Å²) in [5, 5.41) is 31.0. The number of carboxylic acid groups (broad SMARTS) is 2. The number of aliphatic carboxylic acids is 1. The van der Waals surface area contributed by atoms with E-state index in [2.05, 4.69) is 5.32 Å². The van der Waals surface area contributed by atoms with Crippen LogP contribution in [0.1, 0.15) is 71.1 Å². The Morgan fingerprint density at radius 2 is 1.63 bits per heavy atom. The van der Waals surface area contributed by atoms with E-state index in [9.17, 15) is 29.7 Å². The molecule has 0 aromatic rings. The van der Waals surface area contributed by atoms with Crippen LogP contribution in [0.15, 0.2) is 11.8 Å². The van der Waals surface area contributed by atoms with Crippen molar-refractivity contribution in [1.82, 2.24) is 10.2 Å². The SMILES string of the molecule is C[C@H](CO)[C@@H](OC(=O)N(C1CCCCC1)C1CCCCC1)[C@@H]1OC(C(=O)O)=C[C@H](N)[C@H]1NC(=O)O. The van der Waals surface area contributed by atoms with Crippen molar-refractivity contribution in [2.75, 3.05) is 6.61 Å². The Bertz CT molecular complexity index is 761. The molecule has 35 heavy (non-hydrogen) atoms. The molecule has 0 spiro atoms. The summed E-state index contributed by atoms with van der Waals surface area (Å²) in [5.74, 6) is -2.48. The summed E-state index contributed by atoms with van der Waals surface area (Å²) in [6, 6.07) is -2.00. The number of aliphatic hydroxyl groups excluding tert-OH is 1. The summed E-state index contributed by atoms with van der Waals surface area (Å²) < 4.78 is 11.6. The van der Waals surface area contributed by atoms with Gasteiger partial charge in [-0.2, -0.15) is 0 Å². The third-order valence-corrected chi connectivity index (χ3v) is 7.43. The highest BCUT2D eigenvalue weighted by molar-refractivity contribution is 5.84. The maximum Gasteiger partial charge on any atom is 0.410 e. The fourth-order valence-corrected chi connectivity index (χ4v) is 5.57. The van der Waals surface area contributed by atoms with Gasteiger partial charge in [-0.15, -0.1) is 0 Å². The summed E-state index contributed by atoms with van der Waals surface area (Å²) in [7, 11) is 0. The van der Waals surface area contributed by atoms with Crippen molar-refractivity contribution in [3.05, 3.63) is 11.8 Å². The number of nitrogens with two attached hydrogens (primary N) is 1. The van der Waals surface area contributed by atoms with E-state index >= 15 is 0 Å². The first kappa shape index (κ1) is 27.1. The molecule has 11 nitrogen and oxygen atoms in total. The van der Waals surface area contributed by atoms with Gasteiger partial charge in [-0.05, 0) is 31.8 Å². The summed E-state index contributed by atoms with van der Waals surface area (Å²) in [4.78, 5) is 38.6. The Labute approximate surface area is 205 Å². The lowest BCUT2D eigenvalue weighted by atomic mass is 9.88. The number of hydrogen-bond acceptors (Lipinski definition) is 7. The predicted octanol–water partition coefficient (Wildman–Crippen LogP) is 2.42. The number of amides is 2. The molecular weight excluding hydrogens is 458 g/mol. The predicted molar refractivity (Wildman–Crippen MR) is 126 cm³/mol. The van der Waals surface area contributed by atoms with Crippen LogP contribution < -0.4 is 11.1 Å². The Hall–Kier alpha value is -2.53. The highest BCUT2D eigenvalue weighted by Crippen LogP contribution is 2.33. The normalized spacial score (nSPS) is 27.6. The van der Waals surface area contributed by atoms with Crippen LogP contribution in [0.25, 0.3) is 0 Å². The van der Waals surface area contributed by atoms with Crippen LogP contribution >= 0.6 is 0 Å². The summed E-state index contributed by atoms with van der Waals surface area (Å²) in [6.07, 6.45) is 6.84. The highest BCUT2D eigenvalue weighted by Gasteiger charge is 2.46. The molecule has 5 atom stereocenters. The minimum absolute atomic E-state index is 0.0568. The second kappa shape index (κ2) is 12.4. The van der Waals surface area contributed by atoms with Crippen molar-refractivity contribution < 1.29 is 39.2 Å². The molecule has 0 aromatic carbocycles. The zero-order valence-corrected chi connectivity index (χ0v) is 20.3. The molecule has 3 rings (SSSR count). The number of rotatable bonds is 8. The number of hydrogen-bond donors (Lipinski definition) is 5. The number of nitrogens with one attached hydrogen (secondary N) is 1. The number of carbonyl (C=O) groups is 3. The minimum atomic E-state index is -1.38. The Kier molecular flexibility index (Phi) is 9.62. The number of nitrogens with zero attached hydrogens (tertiary/aromatic N) is 1. The zero-order valence-electron chi connectivity index (χ0n) is 20.3. The second-order valence-corrected chi connectivity index (χ2v) is 9.97. The third kappa shape index (κ3) is 6.78. The molecule has 2 saturated carbocycles. The molecule has 0 bridgehead atoms. The number of carbonyl (C=O) groups excluding carboxylic acids is 1. The standard InChI is InChI=1S/C24H39N3O8/c1-14(13-28)20(21-19(26-23(31)32)17(25)12-18(34-21)22(29)30)35-24(33)27(15-8-4-2-5-9-15)16-10-6-3-7-11-16/h12,14-17,19-21,26,28H,2-11,13,25H2,1H3,(H,29,30)(H,31,32)/t14-,17+,19-,20-,21-/m1/s1. The van der Waals surface area contributed by atoms with Crippen molar-refractivity contribution in [2.24, 2.45) is 11.7 Å². The molecule has 1 aliphatic heterocycles. The molecule has 2 aliphatic carbocycles. The lowest BCUT2D eigenvalue weighted by molar-refractivity contribution is -0.142. The number of ether oxygens (including phenoxy) is 2. The topological polar surface area (TPSA) is 172 Å². The van der Waals surface area contributed by atoms with Gasteiger partial charge in [-0.25, -0.2) is 14.4 Å². The molecular formula is C24H39N3O8. The van der Waals surface area contributed by atoms with Crippen molar-refractivity contribution in [3.63, 3.8) is 0 Å². The van der Waals surface area contributed by atoms with E-state index in [1.165, 1.54) is 0 Å². The van der Waals surface area contributed by atoms with Gasteiger partial charge in [-0.3, -0.25) is 0 Å². The molecule has 11 heteroatoms. The van der Waals surface area contributed by atoms with E-state index in [0.717, 1.165) is 70.3 Å². The van der Waals surface area contributed by atoms with Crippen molar-refractivity contribution in [2.45, 2.75) is 108 Å². The molecule has 0 aromatic heterocycles. The summed E-state index contributed by atoms with van der Waals surface area (Å²) in [5.41, 5.74) is 6.09. The van der Waals surface area contributed by atoms with E-state index in [-0.39, 0.29) is 18.7 Å². The monoisotopic (exact) mass is 497 g/mol. The van der Waals surface area contributed by atoms with E-state index in [1.54, 1.807) is 6.92 Å². The minimum Gasteiger partial charge on any atom is -0.477 e. The Morgan fingerprint density at radius 3 is 2.09 bits per heavy atom. The van der Waals surface area contributed by atoms with Gasteiger partial charge in [0.1, 0.15) is 6.10 Å². The molecule has 0 saturated heterocycles. The van der Waals surface area contributed by atoms with Crippen LogP contribution in [0.3, 0.4) is 0 Å². The summed E-state index contributed by atoms with van der Waals surface area (Å²) in [6.45, 7) is 1.25. The maximum absolute atomic E-state index is 13.7. The van der Waals surface area contributed by atoms with Gasteiger partial charge in [0.25, 0.3) is 0 Å². The zero-order chi connectivity index (χ0) is 25.5. The first-order chi connectivity index (χ1) is 16.7. The van der Waals surface area contributed by atoms with Crippen LogP contribution in [0.2, 0.25) is 0 Å². The van der Waals surface area contributed by atoms with Gasteiger partial charge in [-0.1, -0.05) is 45.4 Å². The average Bonchev–Trinajstić information content (AvgIpc) is 2.84. The Morgan fingerprint density at radius 1 is 1.09 bits per heavy atom. The van der Waals surface area contributed by atoms with Crippen LogP contribution in [0.4, 0.5) is 9.59 Å². The lowest BCUT2D eigenvalue weighted by Crippen LogP contribution is -2.62. The van der Waals surface area contributed by atoms with Crippen LogP contribution in [0, 0.1) is 5.92 Å². The first-order valence-corrected chi connectivity index (χ1v) is 12.7. The van der Waals surface area contributed by atoms with Crippen LogP contribution in [-0.4, -0.2) is 81.4 Å². The number of aliphatic hydroxyl groups is 1. The van der Waals surface area contributed by atoms with Gasteiger partial charge in [0, 0.05) is 24.6 Å². The molecule has 6 N–H and O–H groups in total. The molecule has 1 heterocycles. The Balaban J connectivity index is 1.89. The molecule has 2 amide bonds. The van der Waals surface area contributed by atoms with Gasteiger partial charge in [0.05, 0.1) is 12.1 Å². The third-order valence-electron chi connectivity index (χ3n) is 7.43. The van der Waals surface area contributed by atoms with Gasteiger partial charge in [0.2, 0.25) is 5.76 Å².